The van der Waals surface area contributed by atoms with E-state index in [2.05, 4.69) is 4.72 Å². The summed E-state index contributed by atoms with van der Waals surface area (Å²) in [6.45, 7) is 7.04. The lowest BCUT2D eigenvalue weighted by Gasteiger charge is -2.32. The Bertz CT molecular complexity index is 672. The lowest BCUT2D eigenvalue weighted by Crippen LogP contribution is -2.55. The van der Waals surface area contributed by atoms with Crippen LogP contribution < -0.4 is 10.5 Å². The third kappa shape index (κ3) is 4.69. The molecule has 0 radical (unpaired) electrons. The number of aliphatic hydroxyl groups is 1. The Morgan fingerprint density at radius 1 is 1.29 bits per heavy atom. The Balaban J connectivity index is 1.98. The average Bonchev–Trinajstić information content (AvgIpc) is 3.01. The van der Waals surface area contributed by atoms with Crippen LogP contribution in [0.1, 0.15) is 40.5 Å². The molecule has 0 aromatic rings. The van der Waals surface area contributed by atoms with E-state index in [1.807, 2.05) is 27.7 Å². The van der Waals surface area contributed by atoms with Gasteiger partial charge in [-0.1, -0.05) is 6.42 Å². The highest BCUT2D eigenvalue weighted by molar-refractivity contribution is 7.87. The molecule has 5 N–H and O–H groups in total. The van der Waals surface area contributed by atoms with Gasteiger partial charge in [0.25, 0.3) is 10.2 Å². The fourth-order valence-electron chi connectivity index (χ4n) is 3.55. The molecule has 2 rings (SSSR count). The Morgan fingerprint density at radius 3 is 2.36 bits per heavy atom. The predicted molar refractivity (Wildman–Crippen MR) is 104 cm³/mol. The van der Waals surface area contributed by atoms with Crippen LogP contribution in [-0.4, -0.2) is 79.0 Å². The number of hydrogen-bond donors (Lipinski definition) is 4. The first-order valence-electron chi connectivity index (χ1n) is 9.49. The second-order valence-electron chi connectivity index (χ2n) is 8.57. The summed E-state index contributed by atoms with van der Waals surface area (Å²) in [6, 6.07) is 0. The van der Waals surface area contributed by atoms with Crippen molar-refractivity contribution in [1.82, 2.24) is 9.03 Å². The van der Waals surface area contributed by atoms with Gasteiger partial charge in [-0.05, 0) is 40.4 Å². The van der Waals surface area contributed by atoms with Gasteiger partial charge in [-0.15, -0.1) is 0 Å². The van der Waals surface area contributed by atoms with Gasteiger partial charge in [-0.25, -0.2) is 0 Å². The first-order valence-corrected chi connectivity index (χ1v) is 10.9. The van der Waals surface area contributed by atoms with Crippen molar-refractivity contribution in [3.63, 3.8) is 0 Å². The van der Waals surface area contributed by atoms with Gasteiger partial charge >= 0.3 is 13.1 Å². The number of nitrogens with two attached hydrogens (primary N) is 1. The summed E-state index contributed by atoms with van der Waals surface area (Å²) in [6.07, 6.45) is 1.58. The van der Waals surface area contributed by atoms with Crippen molar-refractivity contribution in [2.45, 2.75) is 63.6 Å². The van der Waals surface area contributed by atoms with E-state index in [-0.39, 0.29) is 26.2 Å². The molecule has 2 aliphatic rings. The average molecular weight is 421 g/mol. The van der Waals surface area contributed by atoms with Crippen molar-refractivity contribution in [1.29, 1.82) is 0 Å². The smallest absolute Gasteiger partial charge is 0.457 e. The molecule has 12 heteroatoms. The fraction of sp³-hybridized carbons (Fsp3) is 0.938. The van der Waals surface area contributed by atoms with E-state index in [0.717, 1.165) is 4.31 Å². The van der Waals surface area contributed by atoms with Gasteiger partial charge in [0.05, 0.1) is 17.8 Å². The summed E-state index contributed by atoms with van der Waals surface area (Å²) in [5, 5.41) is 18.4. The largest absolute Gasteiger partial charge is 0.480 e. The standard InChI is InChI=1S/C16H32BN3O7S/c1-14(2)15(3,4)27-17(26-14)7-5-6-12-10-20(11-16(12,18)13(22)23)28(24,25)19-8-9-21/h12,19,21H,5-11,18H2,1-4H3,(H,22,23)/t12-,16-/m0/s1. The normalized spacial score (nSPS) is 30.1. The molecule has 0 aliphatic carbocycles. The number of carboxylic acids is 1. The summed E-state index contributed by atoms with van der Waals surface area (Å²) >= 11 is 0. The first kappa shape index (κ1) is 23.5. The molecular weight excluding hydrogens is 389 g/mol. The summed E-state index contributed by atoms with van der Waals surface area (Å²) in [5.41, 5.74) is 3.56. The summed E-state index contributed by atoms with van der Waals surface area (Å²) < 4.78 is 39.7. The molecule has 0 spiro atoms. The summed E-state index contributed by atoms with van der Waals surface area (Å²) in [5.74, 6) is -1.77. The summed E-state index contributed by atoms with van der Waals surface area (Å²) in [7, 11) is -4.29. The van der Waals surface area contributed by atoms with Crippen molar-refractivity contribution in [3.05, 3.63) is 0 Å². The third-order valence-corrected chi connectivity index (χ3v) is 7.55. The zero-order valence-corrected chi connectivity index (χ0v) is 17.8. The van der Waals surface area contributed by atoms with E-state index < -0.39 is 46.0 Å². The van der Waals surface area contributed by atoms with Crippen LogP contribution in [0, 0.1) is 5.92 Å². The molecule has 28 heavy (non-hydrogen) atoms. The van der Waals surface area contributed by atoms with E-state index in [9.17, 15) is 18.3 Å². The number of aliphatic hydroxyl groups excluding tert-OH is 1. The van der Waals surface area contributed by atoms with Crippen LogP contribution in [0.5, 0.6) is 0 Å². The Morgan fingerprint density at radius 2 is 1.86 bits per heavy atom. The highest BCUT2D eigenvalue weighted by Crippen LogP contribution is 2.39. The van der Waals surface area contributed by atoms with Gasteiger partial charge in [0.2, 0.25) is 0 Å². The van der Waals surface area contributed by atoms with E-state index in [0.29, 0.717) is 19.2 Å². The molecule has 162 valence electrons. The minimum atomic E-state index is -3.90. The van der Waals surface area contributed by atoms with E-state index in [1.54, 1.807) is 0 Å². The lowest BCUT2D eigenvalue weighted by molar-refractivity contribution is -0.144. The van der Waals surface area contributed by atoms with Crippen LogP contribution in [0.4, 0.5) is 0 Å². The highest BCUT2D eigenvalue weighted by Gasteiger charge is 2.53. The molecule has 2 atom stereocenters. The van der Waals surface area contributed by atoms with Crippen LogP contribution in [-0.2, 0) is 24.3 Å². The van der Waals surface area contributed by atoms with Crippen molar-refractivity contribution in [2.75, 3.05) is 26.2 Å². The Labute approximate surface area is 167 Å². The van der Waals surface area contributed by atoms with Crippen LogP contribution in [0.3, 0.4) is 0 Å². The number of aliphatic carboxylic acids is 1. The maximum Gasteiger partial charge on any atom is 0.457 e. The van der Waals surface area contributed by atoms with Crippen molar-refractivity contribution >= 4 is 23.3 Å². The number of rotatable bonds is 9. The monoisotopic (exact) mass is 421 g/mol. The highest BCUT2D eigenvalue weighted by atomic mass is 32.2. The second kappa shape index (κ2) is 8.17. The molecule has 0 amide bonds. The molecule has 2 heterocycles. The van der Waals surface area contributed by atoms with Gasteiger partial charge in [-0.2, -0.15) is 17.4 Å². The number of carboxylic acid groups (broad SMARTS) is 1. The van der Waals surface area contributed by atoms with Gasteiger partial charge < -0.3 is 25.3 Å². The lowest BCUT2D eigenvalue weighted by atomic mass is 9.78. The van der Waals surface area contributed by atoms with Crippen molar-refractivity contribution < 1.29 is 32.7 Å². The SMILES string of the molecule is CC1(C)OB(CCC[C@H]2CN(S(=O)(=O)NCCO)C[C@@]2(N)C(=O)O)OC1(C)C. The second-order valence-corrected chi connectivity index (χ2v) is 10.3. The molecule has 0 saturated carbocycles. The van der Waals surface area contributed by atoms with Gasteiger partial charge in [0, 0.05) is 25.6 Å². The third-order valence-electron chi connectivity index (χ3n) is 6.02. The van der Waals surface area contributed by atoms with Crippen LogP contribution in [0.2, 0.25) is 6.32 Å². The fourth-order valence-corrected chi connectivity index (χ4v) is 4.84. The Hall–Kier alpha value is -0.755. The first-order chi connectivity index (χ1) is 12.7. The molecule has 0 unspecified atom stereocenters. The molecular formula is C16H32BN3O7S. The number of nitrogens with one attached hydrogen (secondary N) is 1. The minimum absolute atomic E-state index is 0.00687. The van der Waals surface area contributed by atoms with E-state index in [1.165, 1.54) is 0 Å². The molecule has 2 fully saturated rings. The maximum absolute atomic E-state index is 12.3. The van der Waals surface area contributed by atoms with Gasteiger partial charge in [0.15, 0.2) is 0 Å². The number of hydrogen-bond acceptors (Lipinski definition) is 7. The molecule has 0 aromatic carbocycles. The maximum atomic E-state index is 12.3. The quantitative estimate of drug-likeness (QED) is 0.360. The van der Waals surface area contributed by atoms with Gasteiger partial charge in [-0.3, -0.25) is 4.79 Å². The number of nitrogens with zero attached hydrogens (tertiary/aromatic N) is 1. The van der Waals surface area contributed by atoms with Gasteiger partial charge in [0.1, 0.15) is 5.54 Å². The molecule has 2 aliphatic heterocycles. The van der Waals surface area contributed by atoms with E-state index in [4.69, 9.17) is 20.1 Å². The molecule has 0 aromatic heterocycles. The molecule has 10 nitrogen and oxygen atoms in total. The number of carbonyl (C=O) groups is 1. The Kier molecular flexibility index (Phi) is 6.86. The topological polar surface area (TPSA) is 151 Å². The van der Waals surface area contributed by atoms with Crippen molar-refractivity contribution in [3.8, 4) is 0 Å². The zero-order valence-electron chi connectivity index (χ0n) is 17.0. The summed E-state index contributed by atoms with van der Waals surface area (Å²) in [4.78, 5) is 11.8. The van der Waals surface area contributed by atoms with Crippen LogP contribution >= 0.6 is 0 Å². The predicted octanol–water partition coefficient (Wildman–Crippen LogP) is -0.601. The zero-order chi connectivity index (χ0) is 21.4. The molecule has 0 bridgehead atoms. The van der Waals surface area contributed by atoms with Crippen molar-refractivity contribution in [2.24, 2.45) is 11.7 Å². The van der Waals surface area contributed by atoms with Crippen LogP contribution in [0.25, 0.3) is 0 Å². The molecule has 2 saturated heterocycles. The minimum Gasteiger partial charge on any atom is -0.480 e. The van der Waals surface area contributed by atoms with E-state index >= 15 is 0 Å². The van der Waals surface area contributed by atoms with Crippen LogP contribution in [0.15, 0.2) is 0 Å².